The van der Waals surface area contributed by atoms with Crippen LogP contribution >= 0.6 is 0 Å². The van der Waals surface area contributed by atoms with Gasteiger partial charge in [-0.3, -0.25) is 4.79 Å². The highest BCUT2D eigenvalue weighted by molar-refractivity contribution is 7.89. The molecule has 192 valence electrons. The van der Waals surface area contributed by atoms with Gasteiger partial charge in [0.25, 0.3) is 0 Å². The molecule has 0 radical (unpaired) electrons. The van der Waals surface area contributed by atoms with Gasteiger partial charge in [0.1, 0.15) is 16.4 Å². The summed E-state index contributed by atoms with van der Waals surface area (Å²) < 4.78 is 34.7. The van der Waals surface area contributed by atoms with Crippen LogP contribution in [0.15, 0.2) is 65.6 Å². The maximum Gasteiger partial charge on any atom is 0.246 e. The first kappa shape index (κ1) is 26.4. The Kier molecular flexibility index (Phi) is 7.96. The molecule has 1 fully saturated rings. The van der Waals surface area contributed by atoms with Crippen molar-refractivity contribution in [3.05, 3.63) is 88.5 Å². The molecule has 7 nitrogen and oxygen atoms in total. The first-order chi connectivity index (χ1) is 17.7. The predicted molar refractivity (Wildman–Crippen MR) is 142 cm³/mol. The smallest absolute Gasteiger partial charge is 0.246 e. The molecule has 1 aliphatic rings. The van der Waals surface area contributed by atoms with Gasteiger partial charge >= 0.3 is 0 Å². The van der Waals surface area contributed by atoms with Crippen molar-refractivity contribution < 1.29 is 17.9 Å². The third-order valence-corrected chi connectivity index (χ3v) is 8.41. The van der Waals surface area contributed by atoms with Gasteiger partial charge in [0.05, 0.1) is 18.1 Å². The van der Waals surface area contributed by atoms with E-state index < -0.39 is 10.0 Å². The average Bonchev–Trinajstić information content (AvgIpc) is 2.88. The third-order valence-electron chi connectivity index (χ3n) is 6.49. The van der Waals surface area contributed by atoms with Crippen molar-refractivity contribution in [2.24, 2.45) is 0 Å². The lowest BCUT2D eigenvalue weighted by molar-refractivity contribution is -0.131. The number of piperazine rings is 1. The van der Waals surface area contributed by atoms with Crippen molar-refractivity contribution in [2.75, 3.05) is 26.2 Å². The van der Waals surface area contributed by atoms with Crippen molar-refractivity contribution in [1.29, 1.82) is 5.26 Å². The molecule has 4 rings (SSSR count). The van der Waals surface area contributed by atoms with Crippen molar-refractivity contribution in [2.45, 2.75) is 38.5 Å². The number of amides is 1. The predicted octanol–water partition coefficient (Wildman–Crippen LogP) is 4.61. The minimum Gasteiger partial charge on any atom is -0.456 e. The Morgan fingerprint density at radius 1 is 0.919 bits per heavy atom. The molecule has 0 saturated carbocycles. The van der Waals surface area contributed by atoms with E-state index in [1.165, 1.54) is 22.0 Å². The number of benzene rings is 3. The fourth-order valence-electron chi connectivity index (χ4n) is 4.48. The molecular formula is C29H31N3O4S. The molecule has 0 bridgehead atoms. The maximum atomic E-state index is 13.7. The number of nitrogens with zero attached hydrogens (tertiary/aromatic N) is 3. The van der Waals surface area contributed by atoms with Crippen molar-refractivity contribution in [1.82, 2.24) is 9.21 Å². The summed E-state index contributed by atoms with van der Waals surface area (Å²) in [5.74, 6) is 0.672. The van der Waals surface area contributed by atoms with E-state index in [2.05, 4.69) is 6.92 Å². The minimum atomic E-state index is -3.96. The van der Waals surface area contributed by atoms with Crippen LogP contribution in [0.2, 0.25) is 0 Å². The van der Waals surface area contributed by atoms with E-state index in [9.17, 15) is 18.5 Å². The first-order valence-corrected chi connectivity index (χ1v) is 13.8. The highest BCUT2D eigenvalue weighted by Crippen LogP contribution is 2.33. The highest BCUT2D eigenvalue weighted by Gasteiger charge is 2.32. The fraction of sp³-hybridized carbons (Fsp3) is 0.310. The molecule has 0 aromatic heterocycles. The van der Waals surface area contributed by atoms with Crippen molar-refractivity contribution in [3.8, 4) is 17.6 Å². The van der Waals surface area contributed by atoms with Crippen LogP contribution in [-0.2, 0) is 27.7 Å². The summed E-state index contributed by atoms with van der Waals surface area (Å²) in [7, 11) is -3.96. The molecule has 8 heteroatoms. The van der Waals surface area contributed by atoms with Crippen LogP contribution in [0.4, 0.5) is 0 Å². The van der Waals surface area contributed by atoms with Crippen LogP contribution in [-0.4, -0.2) is 49.7 Å². The molecule has 37 heavy (non-hydrogen) atoms. The van der Waals surface area contributed by atoms with Crippen molar-refractivity contribution >= 4 is 15.9 Å². The number of hydrogen-bond acceptors (Lipinski definition) is 5. The first-order valence-electron chi connectivity index (χ1n) is 12.4. The second-order valence-electron chi connectivity index (χ2n) is 9.33. The van der Waals surface area contributed by atoms with Gasteiger partial charge in [0.15, 0.2) is 0 Å². The molecule has 0 N–H and O–H groups in total. The monoisotopic (exact) mass is 517 g/mol. The number of carbonyl (C=O) groups is 1. The summed E-state index contributed by atoms with van der Waals surface area (Å²) in [4.78, 5) is 14.5. The van der Waals surface area contributed by atoms with E-state index in [1.54, 1.807) is 11.0 Å². The average molecular weight is 518 g/mol. The zero-order chi connectivity index (χ0) is 26.6. The fourth-order valence-corrected chi connectivity index (χ4v) is 6.04. The Hall–Kier alpha value is -3.67. The molecule has 0 spiro atoms. The molecule has 1 saturated heterocycles. The molecule has 1 aliphatic heterocycles. The summed E-state index contributed by atoms with van der Waals surface area (Å²) in [6, 6.07) is 20.1. The molecule has 0 atom stereocenters. The quantitative estimate of drug-likeness (QED) is 0.457. The number of nitriles is 1. The summed E-state index contributed by atoms with van der Waals surface area (Å²) in [5, 5.41) is 9.39. The number of sulfonamides is 1. The second-order valence-corrected chi connectivity index (χ2v) is 11.2. The van der Waals surface area contributed by atoms with Crippen LogP contribution in [0.1, 0.15) is 34.7 Å². The number of ether oxygens (including phenoxy) is 1. The largest absolute Gasteiger partial charge is 0.456 e. The van der Waals surface area contributed by atoms with Gasteiger partial charge in [-0.15, -0.1) is 0 Å². The van der Waals surface area contributed by atoms with Crippen LogP contribution in [0.25, 0.3) is 0 Å². The number of aryl methyl sites for hydroxylation is 3. The molecule has 1 amide bonds. The summed E-state index contributed by atoms with van der Waals surface area (Å²) in [6.45, 7) is 6.91. The number of hydrogen-bond donors (Lipinski definition) is 0. The van der Waals surface area contributed by atoms with Gasteiger partial charge in [0.2, 0.25) is 15.9 Å². The zero-order valence-electron chi connectivity index (χ0n) is 21.4. The molecule has 3 aromatic carbocycles. The molecule has 0 unspecified atom stereocenters. The van der Waals surface area contributed by atoms with Gasteiger partial charge in [0, 0.05) is 26.2 Å². The number of carbonyl (C=O) groups excluding carboxylic acids is 1. The van der Waals surface area contributed by atoms with Gasteiger partial charge < -0.3 is 9.64 Å². The van der Waals surface area contributed by atoms with E-state index in [1.807, 2.05) is 62.4 Å². The Labute approximate surface area is 219 Å². The van der Waals surface area contributed by atoms with Crippen LogP contribution < -0.4 is 4.74 Å². The van der Waals surface area contributed by atoms with Crippen LogP contribution in [0.5, 0.6) is 11.5 Å². The summed E-state index contributed by atoms with van der Waals surface area (Å²) in [5.41, 5.74) is 4.38. The molecule has 3 aromatic rings. The van der Waals surface area contributed by atoms with Crippen LogP contribution in [0.3, 0.4) is 0 Å². The summed E-state index contributed by atoms with van der Waals surface area (Å²) >= 11 is 0. The second kappa shape index (κ2) is 11.2. The van der Waals surface area contributed by atoms with E-state index in [-0.39, 0.29) is 41.6 Å². The summed E-state index contributed by atoms with van der Waals surface area (Å²) in [6.07, 6.45) is 1.23. The Bertz CT molecular complexity index is 1410. The molecule has 0 aliphatic carbocycles. The Morgan fingerprint density at radius 3 is 2.14 bits per heavy atom. The Morgan fingerprint density at radius 2 is 1.54 bits per heavy atom. The SMILES string of the molecule is CCc1ccc(CC(=O)N2CCN(S(=O)(=O)c3cc(C#N)ccc3Oc3cc(C)cc(C)c3)CC2)cc1. The molecule has 1 heterocycles. The molecular weight excluding hydrogens is 486 g/mol. The van der Waals surface area contributed by atoms with Gasteiger partial charge in [-0.2, -0.15) is 9.57 Å². The van der Waals surface area contributed by atoms with E-state index in [0.29, 0.717) is 18.8 Å². The maximum absolute atomic E-state index is 13.7. The lowest BCUT2D eigenvalue weighted by atomic mass is 10.1. The van der Waals surface area contributed by atoms with Gasteiger partial charge in [-0.05, 0) is 72.9 Å². The van der Waals surface area contributed by atoms with Gasteiger partial charge in [-0.25, -0.2) is 8.42 Å². The topological polar surface area (TPSA) is 90.7 Å². The lowest BCUT2D eigenvalue weighted by Gasteiger charge is -2.34. The van der Waals surface area contributed by atoms with E-state index >= 15 is 0 Å². The Balaban J connectivity index is 1.49. The van der Waals surface area contributed by atoms with Gasteiger partial charge in [-0.1, -0.05) is 37.3 Å². The minimum absolute atomic E-state index is 0.0217. The van der Waals surface area contributed by atoms with E-state index in [0.717, 1.165) is 23.1 Å². The third kappa shape index (κ3) is 6.19. The highest BCUT2D eigenvalue weighted by atomic mass is 32.2. The van der Waals surface area contributed by atoms with E-state index in [4.69, 9.17) is 4.74 Å². The standard InChI is InChI=1S/C29H31N3O4S/c1-4-23-5-7-24(8-6-23)19-29(33)31-11-13-32(14-12-31)37(34,35)28-18-25(20-30)9-10-27(28)36-26-16-21(2)15-22(3)17-26/h5-10,15-18H,4,11-14,19H2,1-3H3. The number of rotatable bonds is 7. The normalized spacial score (nSPS) is 14.3. The lowest BCUT2D eigenvalue weighted by Crippen LogP contribution is -2.50. The zero-order valence-corrected chi connectivity index (χ0v) is 22.2. The van der Waals surface area contributed by atoms with Crippen molar-refractivity contribution in [3.63, 3.8) is 0 Å². The van der Waals surface area contributed by atoms with Crippen LogP contribution in [0, 0.1) is 25.2 Å².